The van der Waals surface area contributed by atoms with Crippen LogP contribution in [0.5, 0.6) is 5.75 Å². The SMILES string of the molecule is CC(C)(C)[C@H](c1cccc(C#N)c1O)N1CCNCC1. The number of aromatic hydroxyl groups is 1. The molecule has 0 spiro atoms. The van der Waals surface area contributed by atoms with E-state index in [1.165, 1.54) is 0 Å². The monoisotopic (exact) mass is 273 g/mol. The Morgan fingerprint density at radius 3 is 2.50 bits per heavy atom. The van der Waals surface area contributed by atoms with Crippen LogP contribution in [0.4, 0.5) is 0 Å². The van der Waals surface area contributed by atoms with Gasteiger partial charge in [-0.05, 0) is 11.5 Å². The molecule has 1 atom stereocenters. The third-order valence-electron chi connectivity index (χ3n) is 3.82. The van der Waals surface area contributed by atoms with Crippen LogP contribution in [0.2, 0.25) is 0 Å². The van der Waals surface area contributed by atoms with Crippen molar-refractivity contribution in [2.24, 2.45) is 5.41 Å². The standard InChI is InChI=1S/C16H23N3O/c1-16(2,3)15(19-9-7-18-8-10-19)13-6-4-5-12(11-17)14(13)20/h4-6,15,18,20H,7-10H2,1-3H3/t15-/m0/s1. The normalized spacial score (nSPS) is 18.5. The molecular weight excluding hydrogens is 250 g/mol. The van der Waals surface area contributed by atoms with Gasteiger partial charge < -0.3 is 10.4 Å². The number of phenolic OH excluding ortho intramolecular Hbond substituents is 1. The molecule has 1 fully saturated rings. The first-order chi connectivity index (χ1) is 9.45. The molecule has 0 saturated carbocycles. The molecule has 1 aromatic carbocycles. The molecule has 1 aliphatic heterocycles. The molecule has 0 unspecified atom stereocenters. The van der Waals surface area contributed by atoms with Crippen molar-refractivity contribution in [3.63, 3.8) is 0 Å². The molecule has 4 heteroatoms. The maximum absolute atomic E-state index is 10.4. The highest BCUT2D eigenvalue weighted by Gasteiger charge is 2.34. The summed E-state index contributed by atoms with van der Waals surface area (Å²) in [6, 6.07) is 7.63. The van der Waals surface area contributed by atoms with Gasteiger partial charge >= 0.3 is 0 Å². The van der Waals surface area contributed by atoms with Crippen molar-refractivity contribution in [1.29, 1.82) is 5.26 Å². The molecule has 108 valence electrons. The second kappa shape index (κ2) is 5.82. The van der Waals surface area contributed by atoms with Gasteiger partial charge in [0.05, 0.1) is 5.56 Å². The number of hydrogen-bond donors (Lipinski definition) is 2. The van der Waals surface area contributed by atoms with Crippen LogP contribution >= 0.6 is 0 Å². The van der Waals surface area contributed by atoms with E-state index in [4.69, 9.17) is 5.26 Å². The van der Waals surface area contributed by atoms with Crippen LogP contribution in [-0.2, 0) is 0 Å². The average molecular weight is 273 g/mol. The van der Waals surface area contributed by atoms with Gasteiger partial charge in [-0.15, -0.1) is 0 Å². The van der Waals surface area contributed by atoms with Crippen molar-refractivity contribution in [3.05, 3.63) is 29.3 Å². The lowest BCUT2D eigenvalue weighted by atomic mass is 9.80. The second-order valence-electron chi connectivity index (χ2n) is 6.41. The highest BCUT2D eigenvalue weighted by Crippen LogP contribution is 2.42. The zero-order chi connectivity index (χ0) is 14.8. The number of hydrogen-bond acceptors (Lipinski definition) is 4. The van der Waals surface area contributed by atoms with E-state index in [1.807, 2.05) is 12.1 Å². The number of nitrogens with one attached hydrogen (secondary N) is 1. The van der Waals surface area contributed by atoms with Gasteiger partial charge in [0.25, 0.3) is 0 Å². The number of nitrogens with zero attached hydrogens (tertiary/aromatic N) is 2. The van der Waals surface area contributed by atoms with E-state index >= 15 is 0 Å². The summed E-state index contributed by atoms with van der Waals surface area (Å²) in [5.74, 6) is 0.133. The summed E-state index contributed by atoms with van der Waals surface area (Å²) in [7, 11) is 0. The maximum Gasteiger partial charge on any atom is 0.138 e. The Hall–Kier alpha value is -1.57. The zero-order valence-corrected chi connectivity index (χ0v) is 12.5. The van der Waals surface area contributed by atoms with E-state index in [0.29, 0.717) is 5.56 Å². The van der Waals surface area contributed by atoms with Gasteiger partial charge in [-0.3, -0.25) is 4.90 Å². The third kappa shape index (κ3) is 2.95. The first-order valence-corrected chi connectivity index (χ1v) is 7.12. The van der Waals surface area contributed by atoms with Crippen molar-refractivity contribution >= 4 is 0 Å². The van der Waals surface area contributed by atoms with Gasteiger partial charge in [0.1, 0.15) is 11.8 Å². The molecule has 0 bridgehead atoms. The largest absolute Gasteiger partial charge is 0.506 e. The molecule has 1 saturated heterocycles. The minimum absolute atomic E-state index is 0.0110. The highest BCUT2D eigenvalue weighted by molar-refractivity contribution is 5.49. The first-order valence-electron chi connectivity index (χ1n) is 7.12. The van der Waals surface area contributed by atoms with Gasteiger partial charge in [-0.25, -0.2) is 0 Å². The molecule has 0 amide bonds. The molecule has 1 heterocycles. The lowest BCUT2D eigenvalue weighted by Crippen LogP contribution is -2.48. The van der Waals surface area contributed by atoms with E-state index in [1.54, 1.807) is 6.07 Å². The number of benzene rings is 1. The topological polar surface area (TPSA) is 59.3 Å². The van der Waals surface area contributed by atoms with Gasteiger partial charge in [0.2, 0.25) is 0 Å². The lowest BCUT2D eigenvalue weighted by Gasteiger charge is -2.42. The Kier molecular flexibility index (Phi) is 4.32. The van der Waals surface area contributed by atoms with Crippen molar-refractivity contribution in [1.82, 2.24) is 10.2 Å². The van der Waals surface area contributed by atoms with Crippen LogP contribution in [0, 0.1) is 16.7 Å². The summed E-state index contributed by atoms with van der Waals surface area (Å²) in [6.07, 6.45) is 0. The average Bonchev–Trinajstić information content (AvgIpc) is 2.41. The minimum Gasteiger partial charge on any atom is -0.506 e. The van der Waals surface area contributed by atoms with Crippen molar-refractivity contribution in [2.75, 3.05) is 26.2 Å². The molecule has 2 N–H and O–H groups in total. The predicted octanol–water partition coefficient (Wildman–Crippen LogP) is 2.26. The Morgan fingerprint density at radius 1 is 1.30 bits per heavy atom. The summed E-state index contributed by atoms with van der Waals surface area (Å²) >= 11 is 0. The summed E-state index contributed by atoms with van der Waals surface area (Å²) in [5, 5.41) is 22.8. The van der Waals surface area contributed by atoms with Crippen LogP contribution in [0.25, 0.3) is 0 Å². The highest BCUT2D eigenvalue weighted by atomic mass is 16.3. The third-order valence-corrected chi connectivity index (χ3v) is 3.82. The van der Waals surface area contributed by atoms with Crippen molar-refractivity contribution < 1.29 is 5.11 Å². The number of nitriles is 1. The van der Waals surface area contributed by atoms with Crippen LogP contribution in [0.1, 0.15) is 37.9 Å². The van der Waals surface area contributed by atoms with Gasteiger partial charge in [0.15, 0.2) is 0 Å². The molecule has 0 aliphatic carbocycles. The second-order valence-corrected chi connectivity index (χ2v) is 6.41. The van der Waals surface area contributed by atoms with Crippen molar-refractivity contribution in [3.8, 4) is 11.8 Å². The zero-order valence-electron chi connectivity index (χ0n) is 12.5. The fourth-order valence-electron chi connectivity index (χ4n) is 3.02. The number of para-hydroxylation sites is 1. The van der Waals surface area contributed by atoms with Gasteiger partial charge in [0, 0.05) is 37.8 Å². The Bertz CT molecular complexity index is 507. The molecule has 0 radical (unpaired) electrons. The van der Waals surface area contributed by atoms with E-state index in [0.717, 1.165) is 31.7 Å². The first kappa shape index (κ1) is 14.8. The van der Waals surface area contributed by atoms with E-state index in [9.17, 15) is 5.11 Å². The lowest BCUT2D eigenvalue weighted by molar-refractivity contribution is 0.0842. The molecule has 1 aromatic rings. The summed E-state index contributed by atoms with van der Waals surface area (Å²) < 4.78 is 0. The molecular formula is C16H23N3O. The van der Waals surface area contributed by atoms with Crippen LogP contribution in [0.15, 0.2) is 18.2 Å². The number of phenols is 1. The molecule has 2 rings (SSSR count). The molecule has 20 heavy (non-hydrogen) atoms. The van der Waals surface area contributed by atoms with E-state index in [2.05, 4.69) is 37.1 Å². The summed E-state index contributed by atoms with van der Waals surface area (Å²) in [6.45, 7) is 10.4. The van der Waals surface area contributed by atoms with E-state index in [-0.39, 0.29) is 17.2 Å². The Labute approximate surface area is 121 Å². The summed E-state index contributed by atoms with van der Waals surface area (Å²) in [5.41, 5.74) is 1.20. The number of piperazine rings is 1. The van der Waals surface area contributed by atoms with Crippen molar-refractivity contribution in [2.45, 2.75) is 26.8 Å². The summed E-state index contributed by atoms with van der Waals surface area (Å²) in [4.78, 5) is 2.40. The number of rotatable bonds is 2. The fourth-order valence-corrected chi connectivity index (χ4v) is 3.02. The minimum atomic E-state index is -0.0110. The smallest absolute Gasteiger partial charge is 0.138 e. The molecule has 1 aliphatic rings. The van der Waals surface area contributed by atoms with Crippen LogP contribution in [-0.4, -0.2) is 36.2 Å². The van der Waals surface area contributed by atoms with Gasteiger partial charge in [-0.2, -0.15) is 5.26 Å². The molecule has 4 nitrogen and oxygen atoms in total. The maximum atomic E-state index is 10.4. The van der Waals surface area contributed by atoms with Gasteiger partial charge in [-0.1, -0.05) is 32.9 Å². The predicted molar refractivity (Wildman–Crippen MR) is 79.5 cm³/mol. The van der Waals surface area contributed by atoms with E-state index < -0.39 is 0 Å². The Balaban J connectivity index is 2.44. The fraction of sp³-hybridized carbons (Fsp3) is 0.562. The Morgan fingerprint density at radius 2 is 1.95 bits per heavy atom. The molecule has 0 aromatic heterocycles. The quantitative estimate of drug-likeness (QED) is 0.867. The van der Waals surface area contributed by atoms with Crippen LogP contribution in [0.3, 0.4) is 0 Å². The van der Waals surface area contributed by atoms with Crippen LogP contribution < -0.4 is 5.32 Å².